The van der Waals surface area contributed by atoms with Crippen LogP contribution in [0.3, 0.4) is 0 Å². The molecule has 2 unspecified atom stereocenters. The van der Waals surface area contributed by atoms with Crippen LogP contribution in [-0.4, -0.2) is 13.1 Å². The lowest BCUT2D eigenvalue weighted by Crippen LogP contribution is -2.18. The first-order valence-corrected chi connectivity index (χ1v) is 6.14. The maximum atomic E-state index is 3.57. The molecule has 1 aromatic rings. The average molecular weight is 289 g/mol. The third-order valence-corrected chi connectivity index (χ3v) is 4.07. The molecule has 1 aliphatic carbocycles. The number of rotatable bonds is 0. The van der Waals surface area contributed by atoms with Crippen LogP contribution in [0.2, 0.25) is 0 Å². The SMILES string of the molecule is Brc1ccc2c(c1)C1CCC2CNC1.Cl. The van der Waals surface area contributed by atoms with Gasteiger partial charge < -0.3 is 5.32 Å². The molecule has 2 aliphatic heterocycles. The van der Waals surface area contributed by atoms with E-state index in [2.05, 4.69) is 39.4 Å². The molecule has 4 rings (SSSR count). The minimum Gasteiger partial charge on any atom is -0.316 e. The van der Waals surface area contributed by atoms with E-state index in [9.17, 15) is 0 Å². The minimum atomic E-state index is 0. The quantitative estimate of drug-likeness (QED) is 0.771. The molecule has 0 amide bonds. The molecule has 82 valence electrons. The second kappa shape index (κ2) is 4.44. The summed E-state index contributed by atoms with van der Waals surface area (Å²) in [6.45, 7) is 2.34. The summed E-state index contributed by atoms with van der Waals surface area (Å²) in [5.74, 6) is 1.51. The molecule has 1 saturated heterocycles. The van der Waals surface area contributed by atoms with Gasteiger partial charge in [-0.15, -0.1) is 12.4 Å². The molecule has 1 N–H and O–H groups in total. The summed E-state index contributed by atoms with van der Waals surface area (Å²) in [6, 6.07) is 6.81. The standard InChI is InChI=1S/C12H14BrN.ClH/c13-10-3-4-11-8-1-2-9(7-14-6-8)12(11)5-10;/h3-5,8-9,14H,1-2,6-7H2;1H. The van der Waals surface area contributed by atoms with Crippen LogP contribution in [0, 0.1) is 0 Å². The lowest BCUT2D eigenvalue weighted by atomic mass is 9.78. The van der Waals surface area contributed by atoms with E-state index in [0.29, 0.717) is 0 Å². The van der Waals surface area contributed by atoms with Gasteiger partial charge in [0.25, 0.3) is 0 Å². The topological polar surface area (TPSA) is 12.0 Å². The van der Waals surface area contributed by atoms with Crippen molar-refractivity contribution >= 4 is 28.3 Å². The Labute approximate surface area is 105 Å². The highest BCUT2D eigenvalue weighted by molar-refractivity contribution is 9.10. The van der Waals surface area contributed by atoms with Crippen molar-refractivity contribution in [3.05, 3.63) is 33.8 Å². The van der Waals surface area contributed by atoms with E-state index in [1.54, 1.807) is 11.1 Å². The maximum Gasteiger partial charge on any atom is 0.0178 e. The minimum absolute atomic E-state index is 0. The molecule has 0 spiro atoms. The highest BCUT2D eigenvalue weighted by Gasteiger charge is 2.29. The van der Waals surface area contributed by atoms with Crippen molar-refractivity contribution in [1.29, 1.82) is 0 Å². The van der Waals surface area contributed by atoms with Crippen LogP contribution >= 0.6 is 28.3 Å². The predicted molar refractivity (Wildman–Crippen MR) is 69.0 cm³/mol. The van der Waals surface area contributed by atoms with E-state index in [1.807, 2.05) is 0 Å². The first-order valence-electron chi connectivity index (χ1n) is 5.34. The van der Waals surface area contributed by atoms with Crippen molar-refractivity contribution in [2.24, 2.45) is 0 Å². The van der Waals surface area contributed by atoms with Gasteiger partial charge in [-0.3, -0.25) is 0 Å². The van der Waals surface area contributed by atoms with E-state index >= 15 is 0 Å². The van der Waals surface area contributed by atoms with Crippen molar-refractivity contribution < 1.29 is 0 Å². The molecular formula is C12H15BrClN. The lowest BCUT2D eigenvalue weighted by Gasteiger charge is -2.26. The third-order valence-electron chi connectivity index (χ3n) is 3.57. The molecule has 3 aliphatic rings. The van der Waals surface area contributed by atoms with E-state index in [-0.39, 0.29) is 12.4 Å². The fraction of sp³-hybridized carbons (Fsp3) is 0.500. The van der Waals surface area contributed by atoms with Crippen LogP contribution in [-0.2, 0) is 0 Å². The van der Waals surface area contributed by atoms with Crippen molar-refractivity contribution in [3.8, 4) is 0 Å². The van der Waals surface area contributed by atoms with E-state index < -0.39 is 0 Å². The lowest BCUT2D eigenvalue weighted by molar-refractivity contribution is 0.549. The second-order valence-electron chi connectivity index (χ2n) is 4.40. The Morgan fingerprint density at radius 1 is 1.07 bits per heavy atom. The Morgan fingerprint density at radius 3 is 2.47 bits per heavy atom. The second-order valence-corrected chi connectivity index (χ2v) is 5.32. The van der Waals surface area contributed by atoms with Crippen LogP contribution in [0.15, 0.2) is 22.7 Å². The number of hydrogen-bond donors (Lipinski definition) is 1. The van der Waals surface area contributed by atoms with Gasteiger partial charge in [0.15, 0.2) is 0 Å². The molecule has 1 aromatic carbocycles. The highest BCUT2D eigenvalue weighted by atomic mass is 79.9. The van der Waals surface area contributed by atoms with E-state index in [4.69, 9.17) is 0 Å². The monoisotopic (exact) mass is 287 g/mol. The molecule has 0 aromatic heterocycles. The number of halogens is 2. The zero-order valence-electron chi connectivity index (χ0n) is 8.50. The van der Waals surface area contributed by atoms with Gasteiger partial charge in [0, 0.05) is 17.6 Å². The number of fused-ring (bicyclic) bond motifs is 3. The Bertz CT molecular complexity index is 363. The summed E-state index contributed by atoms with van der Waals surface area (Å²) < 4.78 is 1.23. The van der Waals surface area contributed by atoms with Crippen molar-refractivity contribution in [2.45, 2.75) is 24.7 Å². The summed E-state index contributed by atoms with van der Waals surface area (Å²) in [5, 5.41) is 3.56. The van der Waals surface area contributed by atoms with Gasteiger partial charge in [-0.05, 0) is 47.9 Å². The number of benzene rings is 1. The fourth-order valence-electron chi connectivity index (χ4n) is 2.84. The molecule has 2 heterocycles. The number of nitrogens with one attached hydrogen (secondary N) is 1. The molecule has 0 radical (unpaired) electrons. The number of hydrogen-bond acceptors (Lipinski definition) is 1. The molecule has 3 heteroatoms. The average Bonchev–Trinajstić information content (AvgIpc) is 2.51. The molecule has 1 fully saturated rings. The van der Waals surface area contributed by atoms with Gasteiger partial charge >= 0.3 is 0 Å². The molecule has 0 saturated carbocycles. The van der Waals surface area contributed by atoms with Crippen LogP contribution in [0.4, 0.5) is 0 Å². The van der Waals surface area contributed by atoms with Gasteiger partial charge in [-0.2, -0.15) is 0 Å². The molecule has 15 heavy (non-hydrogen) atoms. The van der Waals surface area contributed by atoms with Gasteiger partial charge in [-0.25, -0.2) is 0 Å². The molecule has 2 bridgehead atoms. The Hall–Kier alpha value is -0.0500. The van der Waals surface area contributed by atoms with Crippen LogP contribution in [0.1, 0.15) is 35.8 Å². The zero-order chi connectivity index (χ0) is 9.54. The Kier molecular flexibility index (Phi) is 3.39. The summed E-state index contributed by atoms with van der Waals surface area (Å²) in [4.78, 5) is 0. The van der Waals surface area contributed by atoms with Crippen LogP contribution in [0.5, 0.6) is 0 Å². The first-order chi connectivity index (χ1) is 6.84. The third kappa shape index (κ3) is 1.95. The largest absolute Gasteiger partial charge is 0.316 e. The summed E-state index contributed by atoms with van der Waals surface area (Å²) in [6.07, 6.45) is 2.73. The summed E-state index contributed by atoms with van der Waals surface area (Å²) in [5.41, 5.74) is 3.18. The smallest absolute Gasteiger partial charge is 0.0178 e. The van der Waals surface area contributed by atoms with Gasteiger partial charge in [0.2, 0.25) is 0 Å². The van der Waals surface area contributed by atoms with E-state index in [0.717, 1.165) is 11.8 Å². The van der Waals surface area contributed by atoms with E-state index in [1.165, 1.54) is 30.4 Å². The van der Waals surface area contributed by atoms with Crippen LogP contribution < -0.4 is 5.32 Å². The Balaban J connectivity index is 0.000000853. The fourth-order valence-corrected chi connectivity index (χ4v) is 3.22. The van der Waals surface area contributed by atoms with Crippen molar-refractivity contribution in [1.82, 2.24) is 5.32 Å². The predicted octanol–water partition coefficient (Wildman–Crippen LogP) is 3.44. The molecular weight excluding hydrogens is 273 g/mol. The normalized spacial score (nSPS) is 27.8. The van der Waals surface area contributed by atoms with Gasteiger partial charge in [-0.1, -0.05) is 22.0 Å². The molecule has 1 nitrogen and oxygen atoms in total. The maximum absolute atomic E-state index is 3.57. The van der Waals surface area contributed by atoms with Crippen LogP contribution in [0.25, 0.3) is 0 Å². The zero-order valence-corrected chi connectivity index (χ0v) is 10.9. The van der Waals surface area contributed by atoms with Crippen molar-refractivity contribution in [3.63, 3.8) is 0 Å². The van der Waals surface area contributed by atoms with Gasteiger partial charge in [0.05, 0.1) is 0 Å². The first kappa shape index (κ1) is 11.4. The summed E-state index contributed by atoms with van der Waals surface area (Å²) in [7, 11) is 0. The van der Waals surface area contributed by atoms with Crippen molar-refractivity contribution in [2.75, 3.05) is 13.1 Å². The Morgan fingerprint density at radius 2 is 1.73 bits per heavy atom. The van der Waals surface area contributed by atoms with Gasteiger partial charge in [0.1, 0.15) is 0 Å². The molecule has 2 atom stereocenters. The highest BCUT2D eigenvalue weighted by Crippen LogP contribution is 2.41. The summed E-state index contributed by atoms with van der Waals surface area (Å²) >= 11 is 3.57.